The zero-order valence-corrected chi connectivity index (χ0v) is 13.2. The van der Waals surface area contributed by atoms with E-state index >= 15 is 0 Å². The molecule has 21 heavy (non-hydrogen) atoms. The first-order chi connectivity index (χ1) is 10.0. The summed E-state index contributed by atoms with van der Waals surface area (Å²) < 4.78 is 26.7. The first kappa shape index (κ1) is 14.9. The number of nitrogens with zero attached hydrogens (tertiary/aromatic N) is 4. The number of hydrogen-bond donors (Lipinski definition) is 1. The van der Waals surface area contributed by atoms with Crippen LogP contribution in [0.15, 0.2) is 6.20 Å². The van der Waals surface area contributed by atoms with Crippen LogP contribution in [0.2, 0.25) is 0 Å². The minimum atomic E-state index is -3.08. The van der Waals surface area contributed by atoms with Gasteiger partial charge in [-0.2, -0.15) is 0 Å². The number of rotatable bonds is 6. The van der Waals surface area contributed by atoms with Crippen LogP contribution < -0.4 is 5.32 Å². The predicted octanol–water partition coefficient (Wildman–Crippen LogP) is 0.202. The predicted molar refractivity (Wildman–Crippen MR) is 79.0 cm³/mol. The standard InChI is InChI=1S/C13H23N5O2S/c1-21(19,20)18-6-2-3-11(9-18)8-17-10-13(15-16-17)7-14-12-4-5-12/h10-12,14H,2-9H2,1H3. The lowest BCUT2D eigenvalue weighted by Crippen LogP contribution is -2.40. The van der Waals surface area contributed by atoms with Crippen LogP contribution in [0.5, 0.6) is 0 Å². The van der Waals surface area contributed by atoms with Gasteiger partial charge in [-0.05, 0) is 31.6 Å². The summed E-state index contributed by atoms with van der Waals surface area (Å²) in [7, 11) is -3.08. The highest BCUT2D eigenvalue weighted by Gasteiger charge is 2.26. The van der Waals surface area contributed by atoms with Crippen molar-refractivity contribution in [3.05, 3.63) is 11.9 Å². The Labute approximate surface area is 125 Å². The third kappa shape index (κ3) is 4.24. The number of hydrogen-bond acceptors (Lipinski definition) is 5. The minimum Gasteiger partial charge on any atom is -0.308 e. The molecule has 0 radical (unpaired) electrons. The lowest BCUT2D eigenvalue weighted by molar-refractivity contribution is 0.239. The smallest absolute Gasteiger partial charge is 0.211 e. The van der Waals surface area contributed by atoms with Crippen LogP contribution in [-0.2, 0) is 23.1 Å². The maximum atomic E-state index is 11.6. The van der Waals surface area contributed by atoms with Gasteiger partial charge in [0.15, 0.2) is 0 Å². The second-order valence-corrected chi connectivity index (χ2v) is 8.20. The van der Waals surface area contributed by atoms with Crippen LogP contribution in [0.3, 0.4) is 0 Å². The van der Waals surface area contributed by atoms with Crippen molar-refractivity contribution in [2.75, 3.05) is 19.3 Å². The summed E-state index contributed by atoms with van der Waals surface area (Å²) in [4.78, 5) is 0. The molecule has 1 aromatic rings. The number of sulfonamides is 1. The Kier molecular flexibility index (Phi) is 4.28. The summed E-state index contributed by atoms with van der Waals surface area (Å²) in [5.74, 6) is 0.319. The molecule has 1 N–H and O–H groups in total. The van der Waals surface area contributed by atoms with Crippen LogP contribution in [-0.4, -0.2) is 53.1 Å². The first-order valence-electron chi connectivity index (χ1n) is 7.58. The van der Waals surface area contributed by atoms with Gasteiger partial charge < -0.3 is 5.32 Å². The van der Waals surface area contributed by atoms with Gasteiger partial charge in [0.05, 0.1) is 11.9 Å². The molecular formula is C13H23N5O2S. The van der Waals surface area contributed by atoms with E-state index in [4.69, 9.17) is 0 Å². The summed E-state index contributed by atoms with van der Waals surface area (Å²) in [6.45, 7) is 2.74. The largest absolute Gasteiger partial charge is 0.308 e. The van der Waals surface area contributed by atoms with E-state index in [2.05, 4.69) is 15.6 Å². The fraction of sp³-hybridized carbons (Fsp3) is 0.846. The lowest BCUT2D eigenvalue weighted by atomic mass is 10.00. The summed E-state index contributed by atoms with van der Waals surface area (Å²) in [5.41, 5.74) is 0.956. The van der Waals surface area contributed by atoms with Crippen molar-refractivity contribution >= 4 is 10.0 Å². The molecule has 0 bridgehead atoms. The highest BCUT2D eigenvalue weighted by Crippen LogP contribution is 2.20. The van der Waals surface area contributed by atoms with Crippen molar-refractivity contribution in [1.82, 2.24) is 24.6 Å². The molecule has 1 aliphatic heterocycles. The van der Waals surface area contributed by atoms with Crippen molar-refractivity contribution in [2.45, 2.75) is 44.8 Å². The van der Waals surface area contributed by atoms with Crippen molar-refractivity contribution in [1.29, 1.82) is 0 Å². The van der Waals surface area contributed by atoms with E-state index in [0.29, 0.717) is 25.0 Å². The Bertz CT molecular complexity index is 581. The van der Waals surface area contributed by atoms with Crippen molar-refractivity contribution in [2.24, 2.45) is 5.92 Å². The van der Waals surface area contributed by atoms with Gasteiger partial charge in [-0.3, -0.25) is 4.68 Å². The van der Waals surface area contributed by atoms with Gasteiger partial charge in [0.1, 0.15) is 0 Å². The third-order valence-electron chi connectivity index (χ3n) is 4.13. The van der Waals surface area contributed by atoms with Gasteiger partial charge in [-0.1, -0.05) is 5.21 Å². The topological polar surface area (TPSA) is 80.1 Å². The SMILES string of the molecule is CS(=O)(=O)N1CCCC(Cn2cc(CNC3CC3)nn2)C1. The Morgan fingerprint density at radius 2 is 2.19 bits per heavy atom. The molecule has 1 saturated carbocycles. The molecule has 2 aliphatic rings. The molecule has 0 spiro atoms. The van der Waals surface area contributed by atoms with Gasteiger partial charge in [0.25, 0.3) is 0 Å². The van der Waals surface area contributed by atoms with Gasteiger partial charge in [-0.25, -0.2) is 12.7 Å². The average molecular weight is 313 g/mol. The number of nitrogens with one attached hydrogen (secondary N) is 1. The molecule has 0 aromatic carbocycles. The third-order valence-corrected chi connectivity index (χ3v) is 5.40. The van der Waals surface area contributed by atoms with E-state index in [1.54, 1.807) is 4.31 Å². The van der Waals surface area contributed by atoms with Gasteiger partial charge >= 0.3 is 0 Å². The molecule has 2 heterocycles. The van der Waals surface area contributed by atoms with E-state index in [0.717, 1.165) is 31.6 Å². The molecule has 1 aromatic heterocycles. The van der Waals surface area contributed by atoms with E-state index < -0.39 is 10.0 Å². The zero-order valence-electron chi connectivity index (χ0n) is 12.4. The Morgan fingerprint density at radius 3 is 2.90 bits per heavy atom. The quantitative estimate of drug-likeness (QED) is 0.811. The second kappa shape index (κ2) is 6.02. The van der Waals surface area contributed by atoms with Gasteiger partial charge in [-0.15, -0.1) is 5.10 Å². The van der Waals surface area contributed by atoms with Crippen LogP contribution in [0, 0.1) is 5.92 Å². The molecule has 8 heteroatoms. The average Bonchev–Trinajstić information content (AvgIpc) is 3.16. The molecule has 3 rings (SSSR count). The van der Waals surface area contributed by atoms with Crippen LogP contribution in [0.1, 0.15) is 31.4 Å². The fourth-order valence-electron chi connectivity index (χ4n) is 2.79. The van der Waals surface area contributed by atoms with Crippen molar-refractivity contribution in [3.63, 3.8) is 0 Å². The molecule has 1 atom stereocenters. The van der Waals surface area contributed by atoms with E-state index in [-0.39, 0.29) is 0 Å². The second-order valence-electron chi connectivity index (χ2n) is 6.22. The summed E-state index contributed by atoms with van der Waals surface area (Å²) in [5, 5.41) is 11.7. The normalized spacial score (nSPS) is 24.3. The van der Waals surface area contributed by atoms with Crippen molar-refractivity contribution < 1.29 is 8.42 Å². The van der Waals surface area contributed by atoms with Gasteiger partial charge in [0, 0.05) is 38.4 Å². The number of piperidine rings is 1. The van der Waals surface area contributed by atoms with E-state index in [1.807, 2.05) is 10.9 Å². The van der Waals surface area contributed by atoms with Crippen LogP contribution in [0.4, 0.5) is 0 Å². The molecule has 7 nitrogen and oxygen atoms in total. The summed E-state index contributed by atoms with van der Waals surface area (Å²) >= 11 is 0. The maximum Gasteiger partial charge on any atom is 0.211 e. The Balaban J connectivity index is 1.53. The molecule has 1 unspecified atom stereocenters. The summed E-state index contributed by atoms with van der Waals surface area (Å²) in [6, 6.07) is 0.664. The molecule has 0 amide bonds. The molecule has 118 valence electrons. The zero-order chi connectivity index (χ0) is 14.9. The Morgan fingerprint density at radius 1 is 1.38 bits per heavy atom. The first-order valence-corrected chi connectivity index (χ1v) is 9.43. The molecule has 1 saturated heterocycles. The molecular weight excluding hydrogens is 290 g/mol. The highest BCUT2D eigenvalue weighted by atomic mass is 32.2. The monoisotopic (exact) mass is 313 g/mol. The highest BCUT2D eigenvalue weighted by molar-refractivity contribution is 7.88. The molecule has 1 aliphatic carbocycles. The van der Waals surface area contributed by atoms with Crippen LogP contribution in [0.25, 0.3) is 0 Å². The number of aromatic nitrogens is 3. The summed E-state index contributed by atoms with van der Waals surface area (Å²) in [6.07, 6.45) is 7.74. The van der Waals surface area contributed by atoms with E-state index in [1.165, 1.54) is 19.1 Å². The molecule has 2 fully saturated rings. The fourth-order valence-corrected chi connectivity index (χ4v) is 3.73. The van der Waals surface area contributed by atoms with E-state index in [9.17, 15) is 8.42 Å². The lowest BCUT2D eigenvalue weighted by Gasteiger charge is -2.30. The Hall–Kier alpha value is -0.990. The maximum absolute atomic E-state index is 11.6. The van der Waals surface area contributed by atoms with Crippen LogP contribution >= 0.6 is 0 Å². The minimum absolute atomic E-state index is 0.319. The van der Waals surface area contributed by atoms with Crippen molar-refractivity contribution in [3.8, 4) is 0 Å². The van der Waals surface area contributed by atoms with Gasteiger partial charge in [0.2, 0.25) is 10.0 Å².